The summed E-state index contributed by atoms with van der Waals surface area (Å²) in [6.45, 7) is 15.7. The van der Waals surface area contributed by atoms with Gasteiger partial charge in [0.25, 0.3) is 0 Å². The lowest BCUT2D eigenvalue weighted by Crippen LogP contribution is -2.26. The maximum atomic E-state index is 4.30. The van der Waals surface area contributed by atoms with Crippen LogP contribution >= 0.6 is 0 Å². The molecule has 0 aliphatic heterocycles. The Morgan fingerprint density at radius 3 is 2.21 bits per heavy atom. The molecule has 0 N–H and O–H groups in total. The molecule has 0 radical (unpaired) electrons. The van der Waals surface area contributed by atoms with Crippen LogP contribution in [0.2, 0.25) is 0 Å². The van der Waals surface area contributed by atoms with Gasteiger partial charge in [0.15, 0.2) is 0 Å². The smallest absolute Gasteiger partial charge is 0.00531 e. The molecule has 4 aliphatic rings. The third-order valence-electron chi connectivity index (χ3n) is 11.5. The van der Waals surface area contributed by atoms with Crippen molar-refractivity contribution in [2.75, 3.05) is 0 Å². The lowest BCUT2D eigenvalue weighted by molar-refractivity contribution is 0.150. The zero-order valence-corrected chi connectivity index (χ0v) is 27.2. The Bertz CT molecular complexity index is 1610. The minimum absolute atomic E-state index is 0.554. The van der Waals surface area contributed by atoms with Crippen LogP contribution < -0.4 is 0 Å². The molecule has 0 heteroatoms. The van der Waals surface area contributed by atoms with Gasteiger partial charge in [0.2, 0.25) is 0 Å². The highest BCUT2D eigenvalue weighted by Gasteiger charge is 2.35. The van der Waals surface area contributed by atoms with Gasteiger partial charge in [-0.2, -0.15) is 0 Å². The first-order valence-electron chi connectivity index (χ1n) is 17.2. The highest BCUT2D eigenvalue weighted by atomic mass is 14.4. The van der Waals surface area contributed by atoms with Crippen molar-refractivity contribution in [3.8, 4) is 11.1 Å². The van der Waals surface area contributed by atoms with E-state index in [1.54, 1.807) is 16.7 Å². The molecule has 2 saturated carbocycles. The minimum atomic E-state index is 0.554. The van der Waals surface area contributed by atoms with Gasteiger partial charge in [0.05, 0.1) is 0 Å². The second-order valence-electron chi connectivity index (χ2n) is 15.0. The Kier molecular flexibility index (Phi) is 7.61. The van der Waals surface area contributed by atoms with Gasteiger partial charge < -0.3 is 0 Å². The lowest BCUT2D eigenvalue weighted by Gasteiger charge is -2.39. The highest BCUT2D eigenvalue weighted by Crippen LogP contribution is 2.51. The molecular weight excluding hydrogens is 516 g/mol. The number of aryl methyl sites for hydroxylation is 2. The van der Waals surface area contributed by atoms with Gasteiger partial charge >= 0.3 is 0 Å². The van der Waals surface area contributed by atoms with Crippen LogP contribution in [0.5, 0.6) is 0 Å². The summed E-state index contributed by atoms with van der Waals surface area (Å²) in [5.74, 6) is 3.97. The fraction of sp³-hybridized carbons (Fsp3) is 0.442. The summed E-state index contributed by atoms with van der Waals surface area (Å²) in [5, 5.41) is 0. The van der Waals surface area contributed by atoms with Crippen molar-refractivity contribution in [3.63, 3.8) is 0 Å². The molecule has 1 atom stereocenters. The molecule has 222 valence electrons. The van der Waals surface area contributed by atoms with Crippen molar-refractivity contribution >= 4 is 17.2 Å². The second kappa shape index (κ2) is 11.4. The predicted octanol–water partition coefficient (Wildman–Crippen LogP) is 11.9. The molecule has 0 heterocycles. The predicted molar refractivity (Wildman–Crippen MR) is 186 cm³/mol. The second-order valence-corrected chi connectivity index (χ2v) is 15.0. The van der Waals surface area contributed by atoms with Crippen LogP contribution in [-0.2, 0) is 12.8 Å². The van der Waals surface area contributed by atoms with Gasteiger partial charge in [-0.05, 0) is 150 Å². The Hall–Kier alpha value is -3.12. The molecule has 0 bridgehead atoms. The monoisotopic (exact) mass is 566 g/mol. The van der Waals surface area contributed by atoms with Gasteiger partial charge in [-0.3, -0.25) is 0 Å². The average Bonchev–Trinajstić information content (AvgIpc) is 3.55. The average molecular weight is 567 g/mol. The van der Waals surface area contributed by atoms with E-state index in [9.17, 15) is 0 Å². The van der Waals surface area contributed by atoms with Gasteiger partial charge in [0.1, 0.15) is 0 Å². The summed E-state index contributed by atoms with van der Waals surface area (Å²) in [4.78, 5) is 0. The Morgan fingerprint density at radius 2 is 1.56 bits per heavy atom. The standard InChI is InChI=1S/C43H50/c1-26(2)20-39-29(6)21-36-22-35(24-41(36)43(39)33-12-10-28(5)11-13-33)34-18-19-37-38(27(3)4)25-40(42(37)23-34)32-16-14-31(15-17-32)30-8-7-9-30/h10-13,18-19,21-23,25,27,30-32,38H,1,7-9,14-17,20,24H2,2-6H3. The van der Waals surface area contributed by atoms with Crippen molar-refractivity contribution in [3.05, 3.63) is 111 Å². The first-order chi connectivity index (χ1) is 20.8. The summed E-state index contributed by atoms with van der Waals surface area (Å²) >= 11 is 0. The molecular formula is C43H50. The fourth-order valence-electron chi connectivity index (χ4n) is 8.85. The SMILES string of the molecule is C=C(C)Cc1c(C)cc2c(c1-c1ccc(C)cc1)CC(c1ccc3c(c1)C(C1CCC(C4CCC4)CC1)=CC3C(C)C)=C2. The first-order valence-corrected chi connectivity index (χ1v) is 17.2. The molecule has 7 rings (SSSR count). The molecule has 0 saturated heterocycles. The molecule has 2 fully saturated rings. The molecule has 0 aromatic heterocycles. The van der Waals surface area contributed by atoms with Gasteiger partial charge in [-0.25, -0.2) is 0 Å². The molecule has 4 aliphatic carbocycles. The first kappa shape index (κ1) is 28.6. The molecule has 0 amide bonds. The number of fused-ring (bicyclic) bond motifs is 2. The summed E-state index contributed by atoms with van der Waals surface area (Å²) in [6, 6.07) is 19.1. The molecule has 1 unspecified atom stereocenters. The zero-order chi connectivity index (χ0) is 29.8. The summed E-state index contributed by atoms with van der Waals surface area (Å²) < 4.78 is 0. The van der Waals surface area contributed by atoms with E-state index in [0.717, 1.165) is 30.6 Å². The molecule has 3 aromatic carbocycles. The van der Waals surface area contributed by atoms with Crippen LogP contribution in [0.3, 0.4) is 0 Å². The molecule has 3 aromatic rings. The summed E-state index contributed by atoms with van der Waals surface area (Å²) in [5.41, 5.74) is 18.7. The van der Waals surface area contributed by atoms with Crippen LogP contribution in [0.4, 0.5) is 0 Å². The van der Waals surface area contributed by atoms with Crippen molar-refractivity contribution < 1.29 is 0 Å². The summed E-state index contributed by atoms with van der Waals surface area (Å²) in [7, 11) is 0. The third kappa shape index (κ3) is 5.30. The van der Waals surface area contributed by atoms with Crippen LogP contribution in [-0.4, -0.2) is 0 Å². The Morgan fingerprint density at radius 1 is 0.860 bits per heavy atom. The van der Waals surface area contributed by atoms with E-state index in [1.165, 1.54) is 101 Å². The van der Waals surface area contributed by atoms with E-state index in [4.69, 9.17) is 0 Å². The van der Waals surface area contributed by atoms with Gasteiger partial charge in [-0.1, -0.05) is 105 Å². The van der Waals surface area contributed by atoms with Crippen LogP contribution in [0.15, 0.2) is 66.8 Å². The van der Waals surface area contributed by atoms with Crippen LogP contribution in [0, 0.1) is 37.5 Å². The van der Waals surface area contributed by atoms with Crippen LogP contribution in [0.1, 0.15) is 116 Å². The summed E-state index contributed by atoms with van der Waals surface area (Å²) in [6.07, 6.45) is 17.3. The maximum absolute atomic E-state index is 4.30. The van der Waals surface area contributed by atoms with Crippen LogP contribution in [0.25, 0.3) is 28.3 Å². The van der Waals surface area contributed by atoms with Crippen molar-refractivity contribution in [2.45, 2.75) is 98.3 Å². The van der Waals surface area contributed by atoms with E-state index in [-0.39, 0.29) is 0 Å². The number of rotatable bonds is 7. The largest absolute Gasteiger partial charge is 0.0998 e. The third-order valence-corrected chi connectivity index (χ3v) is 11.5. The Labute approximate surface area is 261 Å². The van der Waals surface area contributed by atoms with E-state index in [1.807, 2.05) is 0 Å². The molecule has 0 spiro atoms. The normalized spacial score (nSPS) is 23.1. The zero-order valence-electron chi connectivity index (χ0n) is 27.2. The van der Waals surface area contributed by atoms with E-state index < -0.39 is 0 Å². The fourth-order valence-corrected chi connectivity index (χ4v) is 8.85. The lowest BCUT2D eigenvalue weighted by atomic mass is 9.67. The van der Waals surface area contributed by atoms with Crippen molar-refractivity contribution in [1.82, 2.24) is 0 Å². The van der Waals surface area contributed by atoms with Crippen molar-refractivity contribution in [2.24, 2.45) is 23.7 Å². The number of allylic oxidation sites excluding steroid dienone is 4. The molecule has 0 nitrogen and oxygen atoms in total. The van der Waals surface area contributed by atoms with Gasteiger partial charge in [0, 0.05) is 5.92 Å². The quantitative estimate of drug-likeness (QED) is 0.250. The Balaban J connectivity index is 1.22. The number of hydrogen-bond donors (Lipinski definition) is 0. The van der Waals surface area contributed by atoms with Gasteiger partial charge in [-0.15, -0.1) is 0 Å². The molecule has 43 heavy (non-hydrogen) atoms. The van der Waals surface area contributed by atoms with E-state index >= 15 is 0 Å². The minimum Gasteiger partial charge on any atom is -0.0998 e. The van der Waals surface area contributed by atoms with E-state index in [2.05, 4.69) is 102 Å². The number of benzene rings is 3. The van der Waals surface area contributed by atoms with Crippen molar-refractivity contribution in [1.29, 1.82) is 0 Å². The number of hydrogen-bond acceptors (Lipinski definition) is 0. The van der Waals surface area contributed by atoms with E-state index in [0.29, 0.717) is 11.8 Å². The maximum Gasteiger partial charge on any atom is 0.00531 e. The topological polar surface area (TPSA) is 0 Å². The highest BCUT2D eigenvalue weighted by molar-refractivity contribution is 5.94.